The fraction of sp³-hybridized carbons (Fsp3) is 0.263. The van der Waals surface area contributed by atoms with E-state index in [9.17, 15) is 9.18 Å². The van der Waals surface area contributed by atoms with Crippen molar-refractivity contribution in [2.45, 2.75) is 25.5 Å². The predicted molar refractivity (Wildman–Crippen MR) is 97.0 cm³/mol. The molecule has 1 heterocycles. The van der Waals surface area contributed by atoms with E-state index in [1.54, 1.807) is 13.2 Å². The molecule has 0 radical (unpaired) electrons. The van der Waals surface area contributed by atoms with Gasteiger partial charge in [-0.15, -0.1) is 0 Å². The first-order valence-corrected chi connectivity index (χ1v) is 8.48. The van der Waals surface area contributed by atoms with Crippen molar-refractivity contribution in [3.8, 4) is 5.75 Å². The standard InChI is InChI=1S/C19H18ClFN2O3/c1-11(12-6-8-13(25-2)9-7-12)22-19(24)17-10-16(23-26-17)18-14(20)4-3-5-15(18)21/h3-9,11,17H,10H2,1-2H3,(H,22,24). The third-order valence-corrected chi connectivity index (χ3v) is 4.50. The first-order valence-electron chi connectivity index (χ1n) is 8.11. The quantitative estimate of drug-likeness (QED) is 0.862. The van der Waals surface area contributed by atoms with Crippen LogP contribution in [-0.2, 0) is 9.63 Å². The van der Waals surface area contributed by atoms with E-state index in [1.807, 2.05) is 31.2 Å². The van der Waals surface area contributed by atoms with Gasteiger partial charge in [0.25, 0.3) is 5.91 Å². The lowest BCUT2D eigenvalue weighted by molar-refractivity contribution is -0.131. The molecule has 0 fully saturated rings. The maximum absolute atomic E-state index is 14.0. The van der Waals surface area contributed by atoms with Crippen LogP contribution in [0.2, 0.25) is 5.02 Å². The van der Waals surface area contributed by atoms with Gasteiger partial charge in [-0.1, -0.05) is 35.0 Å². The van der Waals surface area contributed by atoms with Crippen molar-refractivity contribution in [1.82, 2.24) is 5.32 Å². The number of ether oxygens (including phenoxy) is 1. The van der Waals surface area contributed by atoms with E-state index in [0.29, 0.717) is 5.71 Å². The molecule has 7 heteroatoms. The molecule has 2 atom stereocenters. The van der Waals surface area contributed by atoms with Crippen LogP contribution < -0.4 is 10.1 Å². The number of methoxy groups -OCH3 is 1. The summed E-state index contributed by atoms with van der Waals surface area (Å²) in [5.74, 6) is -0.0711. The summed E-state index contributed by atoms with van der Waals surface area (Å²) in [5.41, 5.74) is 1.42. The highest BCUT2D eigenvalue weighted by molar-refractivity contribution is 6.34. The number of rotatable bonds is 5. The zero-order valence-electron chi connectivity index (χ0n) is 14.3. The van der Waals surface area contributed by atoms with Crippen LogP contribution in [0, 0.1) is 5.82 Å². The van der Waals surface area contributed by atoms with Crippen molar-refractivity contribution in [3.63, 3.8) is 0 Å². The Morgan fingerprint density at radius 1 is 1.35 bits per heavy atom. The number of nitrogens with one attached hydrogen (secondary N) is 1. The molecule has 0 spiro atoms. The molecule has 1 amide bonds. The highest BCUT2D eigenvalue weighted by Crippen LogP contribution is 2.26. The van der Waals surface area contributed by atoms with Crippen molar-refractivity contribution in [2.24, 2.45) is 5.16 Å². The van der Waals surface area contributed by atoms with Crippen molar-refractivity contribution >= 4 is 23.2 Å². The number of amides is 1. The average molecular weight is 377 g/mol. The zero-order valence-corrected chi connectivity index (χ0v) is 15.1. The second-order valence-corrected chi connectivity index (χ2v) is 6.34. The first kappa shape index (κ1) is 18.2. The van der Waals surface area contributed by atoms with Gasteiger partial charge in [0, 0.05) is 6.42 Å². The zero-order chi connectivity index (χ0) is 18.7. The summed E-state index contributed by atoms with van der Waals surface area (Å²) in [6.07, 6.45) is -0.664. The predicted octanol–water partition coefficient (Wildman–Crippen LogP) is 3.86. The van der Waals surface area contributed by atoms with E-state index in [2.05, 4.69) is 10.5 Å². The lowest BCUT2D eigenvalue weighted by Gasteiger charge is -2.17. The Kier molecular flexibility index (Phi) is 5.42. The average Bonchev–Trinajstić information content (AvgIpc) is 3.11. The molecule has 3 rings (SSSR count). The van der Waals surface area contributed by atoms with Crippen LogP contribution in [0.25, 0.3) is 0 Å². The lowest BCUT2D eigenvalue weighted by atomic mass is 10.0. The largest absolute Gasteiger partial charge is 0.497 e. The minimum absolute atomic E-state index is 0.155. The van der Waals surface area contributed by atoms with Crippen molar-refractivity contribution in [2.75, 3.05) is 7.11 Å². The van der Waals surface area contributed by atoms with E-state index in [-0.39, 0.29) is 29.0 Å². The maximum atomic E-state index is 14.0. The molecule has 0 bridgehead atoms. The number of carbonyl (C=O) groups excluding carboxylic acids is 1. The summed E-state index contributed by atoms with van der Waals surface area (Å²) < 4.78 is 19.1. The van der Waals surface area contributed by atoms with Gasteiger partial charge in [0.05, 0.1) is 29.4 Å². The second-order valence-electron chi connectivity index (χ2n) is 5.94. The van der Waals surface area contributed by atoms with E-state index < -0.39 is 11.9 Å². The van der Waals surface area contributed by atoms with Crippen LogP contribution in [-0.4, -0.2) is 24.8 Å². The molecule has 1 N–H and O–H groups in total. The number of hydrogen-bond acceptors (Lipinski definition) is 4. The fourth-order valence-electron chi connectivity index (χ4n) is 2.72. The molecule has 0 saturated heterocycles. The Morgan fingerprint density at radius 2 is 2.08 bits per heavy atom. The number of carbonyl (C=O) groups is 1. The number of halogens is 2. The number of nitrogens with zero attached hydrogens (tertiary/aromatic N) is 1. The monoisotopic (exact) mass is 376 g/mol. The number of oxime groups is 1. The normalized spacial score (nSPS) is 17.2. The van der Waals surface area contributed by atoms with Gasteiger partial charge in [-0.2, -0.15) is 0 Å². The van der Waals surface area contributed by atoms with Crippen molar-refractivity contribution < 1.29 is 18.8 Å². The maximum Gasteiger partial charge on any atom is 0.264 e. The molecule has 0 aromatic heterocycles. The van der Waals surface area contributed by atoms with Crippen LogP contribution in [0.4, 0.5) is 4.39 Å². The summed E-state index contributed by atoms with van der Waals surface area (Å²) in [5, 5.41) is 6.96. The van der Waals surface area contributed by atoms with Crippen LogP contribution in [0.1, 0.15) is 30.5 Å². The fourth-order valence-corrected chi connectivity index (χ4v) is 2.99. The van der Waals surface area contributed by atoms with Crippen molar-refractivity contribution in [3.05, 3.63) is 64.4 Å². The van der Waals surface area contributed by atoms with E-state index >= 15 is 0 Å². The topological polar surface area (TPSA) is 59.9 Å². The van der Waals surface area contributed by atoms with Gasteiger partial charge < -0.3 is 14.9 Å². The summed E-state index contributed by atoms with van der Waals surface area (Å²) >= 11 is 6.04. The molecule has 1 aliphatic heterocycles. The van der Waals surface area contributed by atoms with Crippen LogP contribution >= 0.6 is 11.6 Å². The van der Waals surface area contributed by atoms with Crippen LogP contribution in [0.5, 0.6) is 5.75 Å². The SMILES string of the molecule is COc1ccc(C(C)NC(=O)C2CC(c3c(F)cccc3Cl)=NO2)cc1. The van der Waals surface area contributed by atoms with Crippen LogP contribution in [0.15, 0.2) is 47.6 Å². The van der Waals surface area contributed by atoms with E-state index in [1.165, 1.54) is 12.1 Å². The van der Waals surface area contributed by atoms with E-state index in [0.717, 1.165) is 11.3 Å². The minimum Gasteiger partial charge on any atom is -0.497 e. The third kappa shape index (κ3) is 3.80. The van der Waals surface area contributed by atoms with Gasteiger partial charge in [0.1, 0.15) is 11.6 Å². The number of benzene rings is 2. The molecule has 5 nitrogen and oxygen atoms in total. The van der Waals surface area contributed by atoms with Crippen LogP contribution in [0.3, 0.4) is 0 Å². The Balaban J connectivity index is 1.63. The first-order chi connectivity index (χ1) is 12.5. The van der Waals surface area contributed by atoms with Gasteiger partial charge in [-0.05, 0) is 36.8 Å². The van der Waals surface area contributed by atoms with Crippen molar-refractivity contribution in [1.29, 1.82) is 0 Å². The molecule has 0 saturated carbocycles. The summed E-state index contributed by atoms with van der Waals surface area (Å²) in [6.45, 7) is 1.87. The van der Waals surface area contributed by atoms with Gasteiger partial charge in [-0.3, -0.25) is 4.79 Å². The van der Waals surface area contributed by atoms with Gasteiger partial charge in [-0.25, -0.2) is 4.39 Å². The Hall–Kier alpha value is -2.60. The minimum atomic E-state index is -0.818. The molecule has 0 aliphatic carbocycles. The van der Waals surface area contributed by atoms with Gasteiger partial charge in [0.15, 0.2) is 0 Å². The number of hydrogen-bond donors (Lipinski definition) is 1. The molecule has 136 valence electrons. The summed E-state index contributed by atoms with van der Waals surface area (Å²) in [7, 11) is 1.59. The molecular formula is C19H18ClFN2O3. The Labute approximate surface area is 155 Å². The Morgan fingerprint density at radius 3 is 2.73 bits per heavy atom. The summed E-state index contributed by atoms with van der Waals surface area (Å²) in [6, 6.07) is 11.6. The molecule has 26 heavy (non-hydrogen) atoms. The van der Waals surface area contributed by atoms with Gasteiger partial charge in [0.2, 0.25) is 6.10 Å². The molecular weight excluding hydrogens is 359 g/mol. The lowest BCUT2D eigenvalue weighted by Crippen LogP contribution is -2.36. The second kappa shape index (κ2) is 7.74. The molecule has 1 aliphatic rings. The highest BCUT2D eigenvalue weighted by Gasteiger charge is 2.31. The summed E-state index contributed by atoms with van der Waals surface area (Å²) in [4.78, 5) is 17.6. The molecule has 2 aromatic carbocycles. The molecule has 2 unspecified atom stereocenters. The third-order valence-electron chi connectivity index (χ3n) is 4.19. The van der Waals surface area contributed by atoms with E-state index in [4.69, 9.17) is 21.2 Å². The molecule has 2 aromatic rings. The smallest absolute Gasteiger partial charge is 0.264 e. The Bertz CT molecular complexity index is 819. The van der Waals surface area contributed by atoms with Gasteiger partial charge >= 0.3 is 0 Å². The highest BCUT2D eigenvalue weighted by atomic mass is 35.5.